The van der Waals surface area contributed by atoms with Crippen LogP contribution in [0.25, 0.3) is 0 Å². The average Bonchev–Trinajstić information content (AvgIpc) is 2.46. The Kier molecular flexibility index (Phi) is 3.33. The standard InChI is InChI=1S/C8H11F2N3O2/c1-4(2)3-13-6(7(9)10)5(8(14)15)11-12-13/h4,7H,3H2,1-2H3,(H,14,15). The Morgan fingerprint density at radius 2 is 2.13 bits per heavy atom. The van der Waals surface area contributed by atoms with Crippen LogP contribution in [0.1, 0.15) is 36.5 Å². The molecule has 84 valence electrons. The van der Waals surface area contributed by atoms with Crippen molar-refractivity contribution >= 4 is 5.97 Å². The highest BCUT2D eigenvalue weighted by molar-refractivity contribution is 5.86. The van der Waals surface area contributed by atoms with Gasteiger partial charge in [0.2, 0.25) is 0 Å². The summed E-state index contributed by atoms with van der Waals surface area (Å²) >= 11 is 0. The maximum atomic E-state index is 12.6. The fraction of sp³-hybridized carbons (Fsp3) is 0.625. The van der Waals surface area contributed by atoms with E-state index in [-0.39, 0.29) is 12.5 Å². The van der Waals surface area contributed by atoms with Crippen LogP contribution < -0.4 is 0 Å². The normalized spacial score (nSPS) is 11.3. The van der Waals surface area contributed by atoms with Crippen LogP contribution in [0, 0.1) is 5.92 Å². The predicted octanol–water partition coefficient (Wildman–Crippen LogP) is 1.57. The van der Waals surface area contributed by atoms with Crippen molar-refractivity contribution in [3.63, 3.8) is 0 Å². The lowest BCUT2D eigenvalue weighted by Gasteiger charge is -2.07. The van der Waals surface area contributed by atoms with Crippen molar-refractivity contribution in [2.75, 3.05) is 0 Å². The van der Waals surface area contributed by atoms with Gasteiger partial charge >= 0.3 is 5.97 Å². The molecule has 0 unspecified atom stereocenters. The van der Waals surface area contributed by atoms with Gasteiger partial charge in [0.15, 0.2) is 5.69 Å². The molecule has 0 bridgehead atoms. The lowest BCUT2D eigenvalue weighted by atomic mass is 10.2. The van der Waals surface area contributed by atoms with Crippen molar-refractivity contribution in [2.45, 2.75) is 26.8 Å². The van der Waals surface area contributed by atoms with E-state index in [1.807, 2.05) is 13.8 Å². The molecule has 1 heterocycles. The van der Waals surface area contributed by atoms with Crippen molar-refractivity contribution in [3.05, 3.63) is 11.4 Å². The Morgan fingerprint density at radius 1 is 1.53 bits per heavy atom. The van der Waals surface area contributed by atoms with Gasteiger partial charge < -0.3 is 5.11 Å². The lowest BCUT2D eigenvalue weighted by molar-refractivity contribution is 0.0675. The Morgan fingerprint density at radius 3 is 2.53 bits per heavy atom. The molecular formula is C8H11F2N3O2. The summed E-state index contributed by atoms with van der Waals surface area (Å²) in [5.74, 6) is -1.40. The number of rotatable bonds is 4. The van der Waals surface area contributed by atoms with Crippen LogP contribution in [-0.4, -0.2) is 26.1 Å². The van der Waals surface area contributed by atoms with Gasteiger partial charge in [-0.25, -0.2) is 18.3 Å². The quantitative estimate of drug-likeness (QED) is 0.834. The second-order valence-corrected chi connectivity index (χ2v) is 3.51. The lowest BCUT2D eigenvalue weighted by Crippen LogP contribution is -2.12. The molecule has 1 N–H and O–H groups in total. The number of nitrogens with zero attached hydrogens (tertiary/aromatic N) is 3. The molecule has 1 aromatic rings. The van der Waals surface area contributed by atoms with Crippen molar-refractivity contribution in [1.82, 2.24) is 15.0 Å². The highest BCUT2D eigenvalue weighted by atomic mass is 19.3. The topological polar surface area (TPSA) is 68.0 Å². The Bertz CT molecular complexity index is 363. The van der Waals surface area contributed by atoms with E-state index in [9.17, 15) is 13.6 Å². The summed E-state index contributed by atoms with van der Waals surface area (Å²) in [6.07, 6.45) is -2.88. The van der Waals surface area contributed by atoms with Gasteiger partial charge in [0, 0.05) is 6.54 Å². The van der Waals surface area contributed by atoms with Crippen LogP contribution in [0.5, 0.6) is 0 Å². The van der Waals surface area contributed by atoms with Gasteiger partial charge in [-0.15, -0.1) is 5.10 Å². The highest BCUT2D eigenvalue weighted by Gasteiger charge is 2.26. The minimum atomic E-state index is -2.88. The summed E-state index contributed by atoms with van der Waals surface area (Å²) in [5, 5.41) is 15.2. The first-order chi connectivity index (χ1) is 6.93. The van der Waals surface area contributed by atoms with Gasteiger partial charge in [0.1, 0.15) is 5.69 Å². The first-order valence-electron chi connectivity index (χ1n) is 4.38. The van der Waals surface area contributed by atoms with E-state index in [2.05, 4.69) is 10.3 Å². The van der Waals surface area contributed by atoms with E-state index in [0.717, 1.165) is 4.68 Å². The Labute approximate surface area is 84.7 Å². The molecule has 0 aromatic carbocycles. The number of carboxylic acid groups (broad SMARTS) is 1. The van der Waals surface area contributed by atoms with Gasteiger partial charge in [0.25, 0.3) is 6.43 Å². The third-order valence-electron chi connectivity index (χ3n) is 1.72. The molecule has 0 fully saturated rings. The zero-order valence-electron chi connectivity index (χ0n) is 8.31. The van der Waals surface area contributed by atoms with Crippen molar-refractivity contribution < 1.29 is 18.7 Å². The van der Waals surface area contributed by atoms with Gasteiger partial charge in [-0.1, -0.05) is 19.1 Å². The molecule has 0 aliphatic carbocycles. The first kappa shape index (κ1) is 11.5. The number of halogens is 2. The summed E-state index contributed by atoms with van der Waals surface area (Å²) < 4.78 is 26.1. The van der Waals surface area contributed by atoms with Crippen molar-refractivity contribution in [2.24, 2.45) is 5.92 Å². The number of alkyl halides is 2. The molecule has 0 radical (unpaired) electrons. The van der Waals surface area contributed by atoms with E-state index in [1.54, 1.807) is 0 Å². The largest absolute Gasteiger partial charge is 0.476 e. The summed E-state index contributed by atoms with van der Waals surface area (Å²) in [4.78, 5) is 10.6. The number of hydrogen-bond acceptors (Lipinski definition) is 3. The molecule has 1 aromatic heterocycles. The number of carboxylic acids is 1. The van der Waals surface area contributed by atoms with Crippen LogP contribution in [0.2, 0.25) is 0 Å². The molecule has 0 amide bonds. The molecule has 0 saturated carbocycles. The molecule has 15 heavy (non-hydrogen) atoms. The molecule has 0 aliphatic rings. The minimum Gasteiger partial charge on any atom is -0.476 e. The molecular weight excluding hydrogens is 208 g/mol. The first-order valence-corrected chi connectivity index (χ1v) is 4.38. The third kappa shape index (κ3) is 2.48. The summed E-state index contributed by atoms with van der Waals surface area (Å²) in [5.41, 5.74) is -1.30. The fourth-order valence-corrected chi connectivity index (χ4v) is 1.17. The van der Waals surface area contributed by atoms with E-state index < -0.39 is 23.8 Å². The van der Waals surface area contributed by atoms with Crippen molar-refractivity contribution in [3.8, 4) is 0 Å². The maximum Gasteiger partial charge on any atom is 0.358 e. The van der Waals surface area contributed by atoms with E-state index in [4.69, 9.17) is 5.11 Å². The second-order valence-electron chi connectivity index (χ2n) is 3.51. The molecule has 0 atom stereocenters. The van der Waals surface area contributed by atoms with E-state index >= 15 is 0 Å². The minimum absolute atomic E-state index is 0.0887. The fourth-order valence-electron chi connectivity index (χ4n) is 1.17. The van der Waals surface area contributed by atoms with Crippen LogP contribution >= 0.6 is 0 Å². The summed E-state index contributed by atoms with van der Waals surface area (Å²) in [6.45, 7) is 3.86. The van der Waals surface area contributed by atoms with Gasteiger partial charge in [0.05, 0.1) is 0 Å². The summed E-state index contributed by atoms with van der Waals surface area (Å²) in [7, 11) is 0. The molecule has 0 saturated heterocycles. The van der Waals surface area contributed by atoms with Crippen LogP contribution in [0.4, 0.5) is 8.78 Å². The monoisotopic (exact) mass is 219 g/mol. The molecule has 0 spiro atoms. The summed E-state index contributed by atoms with van der Waals surface area (Å²) in [6, 6.07) is 0. The number of hydrogen-bond donors (Lipinski definition) is 1. The van der Waals surface area contributed by atoms with Crippen LogP contribution in [0.3, 0.4) is 0 Å². The molecule has 7 heteroatoms. The molecule has 0 aliphatic heterocycles. The zero-order valence-corrected chi connectivity index (χ0v) is 8.31. The van der Waals surface area contributed by atoms with Gasteiger partial charge in [-0.3, -0.25) is 0 Å². The SMILES string of the molecule is CC(C)Cn1nnc(C(=O)O)c1C(F)F. The van der Waals surface area contributed by atoms with E-state index in [1.165, 1.54) is 0 Å². The average molecular weight is 219 g/mol. The smallest absolute Gasteiger partial charge is 0.358 e. The van der Waals surface area contributed by atoms with Gasteiger partial charge in [-0.05, 0) is 5.92 Å². The Balaban J connectivity index is 3.12. The molecule has 5 nitrogen and oxygen atoms in total. The predicted molar refractivity (Wildman–Crippen MR) is 46.8 cm³/mol. The number of aromatic carboxylic acids is 1. The maximum absolute atomic E-state index is 12.6. The van der Waals surface area contributed by atoms with Crippen LogP contribution in [-0.2, 0) is 6.54 Å². The van der Waals surface area contributed by atoms with Crippen LogP contribution in [0.15, 0.2) is 0 Å². The van der Waals surface area contributed by atoms with Crippen molar-refractivity contribution in [1.29, 1.82) is 0 Å². The highest BCUT2D eigenvalue weighted by Crippen LogP contribution is 2.22. The second kappa shape index (κ2) is 4.33. The Hall–Kier alpha value is -1.53. The molecule has 1 rings (SSSR count). The zero-order chi connectivity index (χ0) is 11.6. The van der Waals surface area contributed by atoms with E-state index in [0.29, 0.717) is 0 Å². The number of aromatic nitrogens is 3. The third-order valence-corrected chi connectivity index (χ3v) is 1.72. The number of carbonyl (C=O) groups is 1. The van der Waals surface area contributed by atoms with Gasteiger partial charge in [-0.2, -0.15) is 0 Å².